The Hall–Kier alpha value is -0.570. The molecule has 1 rings (SSSR count). The van der Waals surface area contributed by atoms with E-state index in [1.807, 2.05) is 6.92 Å². The van der Waals surface area contributed by atoms with Crippen molar-refractivity contribution in [2.75, 3.05) is 19.6 Å². The first kappa shape index (κ1) is 14.5. The van der Waals surface area contributed by atoms with Crippen molar-refractivity contribution in [1.29, 1.82) is 0 Å². The van der Waals surface area contributed by atoms with Gasteiger partial charge in [0.2, 0.25) is 5.91 Å². The van der Waals surface area contributed by atoms with Crippen molar-refractivity contribution in [3.8, 4) is 0 Å². The standard InChI is InChI=1S/C14H28N2O/c1-5-12(4)14(17)16(9-11(2)3)10-13-7-6-8-15-13/h11-13,15H,5-10H2,1-4H3. The fraction of sp³-hybridized carbons (Fsp3) is 0.929. The van der Waals surface area contributed by atoms with Crippen molar-refractivity contribution in [3.05, 3.63) is 0 Å². The number of hydrogen-bond acceptors (Lipinski definition) is 2. The minimum atomic E-state index is 0.162. The van der Waals surface area contributed by atoms with Gasteiger partial charge in [0.05, 0.1) is 0 Å². The van der Waals surface area contributed by atoms with Crippen molar-refractivity contribution in [3.63, 3.8) is 0 Å². The molecule has 3 heteroatoms. The summed E-state index contributed by atoms with van der Waals surface area (Å²) in [5.74, 6) is 1.04. The van der Waals surface area contributed by atoms with Gasteiger partial charge < -0.3 is 10.2 Å². The molecule has 1 aliphatic rings. The molecule has 1 N–H and O–H groups in total. The zero-order valence-corrected chi connectivity index (χ0v) is 11.8. The summed E-state index contributed by atoms with van der Waals surface area (Å²) in [6, 6.07) is 0.516. The lowest BCUT2D eigenvalue weighted by atomic mass is 10.1. The Bertz CT molecular complexity index is 234. The molecule has 1 saturated heterocycles. The molecular weight excluding hydrogens is 212 g/mol. The van der Waals surface area contributed by atoms with E-state index in [0.717, 1.165) is 26.1 Å². The highest BCUT2D eigenvalue weighted by atomic mass is 16.2. The lowest BCUT2D eigenvalue weighted by Gasteiger charge is -2.29. The molecule has 0 aromatic rings. The topological polar surface area (TPSA) is 32.3 Å². The number of carbonyl (C=O) groups is 1. The zero-order valence-electron chi connectivity index (χ0n) is 11.8. The van der Waals surface area contributed by atoms with Gasteiger partial charge in [0, 0.05) is 25.0 Å². The van der Waals surface area contributed by atoms with Gasteiger partial charge >= 0.3 is 0 Å². The fourth-order valence-corrected chi connectivity index (χ4v) is 2.36. The van der Waals surface area contributed by atoms with Crippen molar-refractivity contribution >= 4 is 5.91 Å². The molecule has 0 radical (unpaired) electrons. The predicted molar refractivity (Wildman–Crippen MR) is 71.9 cm³/mol. The summed E-state index contributed by atoms with van der Waals surface area (Å²) in [6.45, 7) is 11.4. The molecule has 3 nitrogen and oxygen atoms in total. The van der Waals surface area contributed by atoms with Crippen LogP contribution < -0.4 is 5.32 Å². The van der Waals surface area contributed by atoms with Gasteiger partial charge in [-0.2, -0.15) is 0 Å². The van der Waals surface area contributed by atoms with E-state index in [-0.39, 0.29) is 5.92 Å². The second kappa shape index (κ2) is 7.00. The zero-order chi connectivity index (χ0) is 12.8. The highest BCUT2D eigenvalue weighted by Gasteiger charge is 2.24. The molecule has 1 amide bonds. The lowest BCUT2D eigenvalue weighted by molar-refractivity contribution is -0.136. The molecule has 0 aliphatic carbocycles. The Labute approximate surface area is 106 Å². The number of nitrogens with zero attached hydrogens (tertiary/aromatic N) is 1. The third-order valence-corrected chi connectivity index (χ3v) is 3.53. The van der Waals surface area contributed by atoms with E-state index in [2.05, 4.69) is 31.0 Å². The van der Waals surface area contributed by atoms with Crippen LogP contribution in [0.2, 0.25) is 0 Å². The van der Waals surface area contributed by atoms with Gasteiger partial charge in [-0.3, -0.25) is 4.79 Å². The van der Waals surface area contributed by atoms with Crippen LogP contribution in [0.4, 0.5) is 0 Å². The number of rotatable bonds is 6. The molecule has 1 fully saturated rings. The molecule has 2 atom stereocenters. The first-order valence-electron chi connectivity index (χ1n) is 7.06. The molecule has 17 heavy (non-hydrogen) atoms. The van der Waals surface area contributed by atoms with Crippen molar-refractivity contribution in [2.45, 2.75) is 53.0 Å². The summed E-state index contributed by atoms with van der Waals surface area (Å²) < 4.78 is 0. The Morgan fingerprint density at radius 1 is 1.41 bits per heavy atom. The minimum Gasteiger partial charge on any atom is -0.341 e. The Balaban J connectivity index is 2.55. The van der Waals surface area contributed by atoms with Crippen molar-refractivity contribution in [2.24, 2.45) is 11.8 Å². The van der Waals surface area contributed by atoms with Crippen molar-refractivity contribution in [1.82, 2.24) is 10.2 Å². The fourth-order valence-electron chi connectivity index (χ4n) is 2.36. The predicted octanol–water partition coefficient (Wildman–Crippen LogP) is 2.27. The van der Waals surface area contributed by atoms with E-state index < -0.39 is 0 Å². The number of amides is 1. The van der Waals surface area contributed by atoms with Gasteiger partial charge in [0.1, 0.15) is 0 Å². The maximum atomic E-state index is 12.3. The minimum absolute atomic E-state index is 0.162. The quantitative estimate of drug-likeness (QED) is 0.772. The third kappa shape index (κ3) is 4.66. The van der Waals surface area contributed by atoms with Crippen LogP contribution in [0, 0.1) is 11.8 Å². The van der Waals surface area contributed by atoms with Gasteiger partial charge in [-0.05, 0) is 31.7 Å². The van der Waals surface area contributed by atoms with Crippen LogP contribution >= 0.6 is 0 Å². The monoisotopic (exact) mass is 240 g/mol. The summed E-state index contributed by atoms with van der Waals surface area (Å²) in [4.78, 5) is 14.4. The summed E-state index contributed by atoms with van der Waals surface area (Å²) in [5, 5.41) is 3.48. The van der Waals surface area contributed by atoms with Gasteiger partial charge in [0.15, 0.2) is 0 Å². The van der Waals surface area contributed by atoms with Gasteiger partial charge in [-0.15, -0.1) is 0 Å². The smallest absolute Gasteiger partial charge is 0.225 e. The van der Waals surface area contributed by atoms with E-state index in [9.17, 15) is 4.79 Å². The molecule has 1 heterocycles. The SMILES string of the molecule is CCC(C)C(=O)N(CC(C)C)CC1CCCN1. The Morgan fingerprint density at radius 3 is 2.59 bits per heavy atom. The molecular formula is C14H28N2O. The molecule has 0 aromatic heterocycles. The average molecular weight is 240 g/mol. The van der Waals surface area contributed by atoms with Crippen LogP contribution in [0.3, 0.4) is 0 Å². The third-order valence-electron chi connectivity index (χ3n) is 3.53. The Kier molecular flexibility index (Phi) is 5.96. The van der Waals surface area contributed by atoms with Crippen LogP contribution in [0.1, 0.15) is 47.0 Å². The van der Waals surface area contributed by atoms with Crippen LogP contribution in [-0.2, 0) is 4.79 Å². The molecule has 100 valence electrons. The number of nitrogens with one attached hydrogen (secondary N) is 1. The van der Waals surface area contributed by atoms with Crippen LogP contribution in [0.25, 0.3) is 0 Å². The molecule has 0 saturated carbocycles. The summed E-state index contributed by atoms with van der Waals surface area (Å²) in [5.41, 5.74) is 0. The number of hydrogen-bond donors (Lipinski definition) is 1. The van der Waals surface area contributed by atoms with E-state index in [0.29, 0.717) is 17.9 Å². The first-order chi connectivity index (χ1) is 8.04. The molecule has 0 aromatic carbocycles. The highest BCUT2D eigenvalue weighted by molar-refractivity contribution is 5.78. The average Bonchev–Trinajstić information content (AvgIpc) is 2.78. The Morgan fingerprint density at radius 2 is 2.12 bits per heavy atom. The first-order valence-corrected chi connectivity index (χ1v) is 7.06. The van der Waals surface area contributed by atoms with Crippen LogP contribution in [0.15, 0.2) is 0 Å². The summed E-state index contributed by atoms with van der Waals surface area (Å²) in [7, 11) is 0. The molecule has 0 spiro atoms. The lowest BCUT2D eigenvalue weighted by Crippen LogP contribution is -2.44. The normalized spacial score (nSPS) is 21.8. The van der Waals surface area contributed by atoms with Crippen LogP contribution in [-0.4, -0.2) is 36.5 Å². The van der Waals surface area contributed by atoms with Crippen LogP contribution in [0.5, 0.6) is 0 Å². The summed E-state index contributed by atoms with van der Waals surface area (Å²) >= 11 is 0. The summed E-state index contributed by atoms with van der Waals surface area (Å²) in [6.07, 6.45) is 3.39. The largest absolute Gasteiger partial charge is 0.341 e. The molecule has 0 bridgehead atoms. The molecule has 2 unspecified atom stereocenters. The van der Waals surface area contributed by atoms with Gasteiger partial charge in [-0.25, -0.2) is 0 Å². The maximum absolute atomic E-state index is 12.3. The van der Waals surface area contributed by atoms with E-state index >= 15 is 0 Å². The maximum Gasteiger partial charge on any atom is 0.225 e. The second-order valence-electron chi connectivity index (χ2n) is 5.74. The number of carbonyl (C=O) groups excluding carboxylic acids is 1. The highest BCUT2D eigenvalue weighted by Crippen LogP contribution is 2.13. The van der Waals surface area contributed by atoms with E-state index in [1.165, 1.54) is 12.8 Å². The second-order valence-corrected chi connectivity index (χ2v) is 5.74. The van der Waals surface area contributed by atoms with Gasteiger partial charge in [-0.1, -0.05) is 27.7 Å². The van der Waals surface area contributed by atoms with E-state index in [4.69, 9.17) is 0 Å². The van der Waals surface area contributed by atoms with E-state index in [1.54, 1.807) is 0 Å². The van der Waals surface area contributed by atoms with Gasteiger partial charge in [0.25, 0.3) is 0 Å². The molecule has 1 aliphatic heterocycles. The van der Waals surface area contributed by atoms with Crippen molar-refractivity contribution < 1.29 is 4.79 Å².